The molecule has 0 saturated carbocycles. The van der Waals surface area contributed by atoms with Gasteiger partial charge in [0, 0.05) is 55.9 Å². The molecule has 3 aromatic rings. The first-order valence-corrected chi connectivity index (χ1v) is 13.3. The maximum Gasteiger partial charge on any atom is 0.282 e. The molecule has 3 heterocycles. The zero-order valence-corrected chi connectivity index (χ0v) is 21.2. The molecule has 9 heteroatoms. The average molecular weight is 512 g/mol. The Kier molecular flexibility index (Phi) is 7.93. The number of benzene rings is 2. The van der Waals surface area contributed by atoms with Crippen LogP contribution in [0, 0.1) is 0 Å². The third-order valence-electron chi connectivity index (χ3n) is 6.54. The molecule has 7 nitrogen and oxygen atoms in total. The molecular weight excluding hydrogens is 482 g/mol. The van der Waals surface area contributed by atoms with Crippen molar-refractivity contribution < 1.29 is 9.53 Å². The van der Waals surface area contributed by atoms with E-state index >= 15 is 0 Å². The Labute approximate surface area is 215 Å². The molecule has 2 aliphatic rings. The number of hydrogen-bond donors (Lipinski definition) is 1. The van der Waals surface area contributed by atoms with Crippen molar-refractivity contribution in [1.82, 2.24) is 20.4 Å². The van der Waals surface area contributed by atoms with Crippen molar-refractivity contribution in [3.63, 3.8) is 0 Å². The van der Waals surface area contributed by atoms with Crippen LogP contribution in [0.1, 0.15) is 32.4 Å². The summed E-state index contributed by atoms with van der Waals surface area (Å²) in [7, 11) is 0. The number of carbonyl (C=O) groups excluding carboxylic acids is 1. The molecule has 1 N–H and O–H groups in total. The number of halogens is 1. The third kappa shape index (κ3) is 6.58. The van der Waals surface area contributed by atoms with Gasteiger partial charge in [0.2, 0.25) is 5.01 Å². The minimum Gasteiger partial charge on any atom is -0.379 e. The van der Waals surface area contributed by atoms with E-state index in [-0.39, 0.29) is 11.9 Å². The van der Waals surface area contributed by atoms with Gasteiger partial charge in [-0.2, -0.15) is 0 Å². The van der Waals surface area contributed by atoms with Crippen LogP contribution in [0.25, 0.3) is 0 Å². The zero-order chi connectivity index (χ0) is 24.0. The number of nitrogens with zero attached hydrogens (tertiary/aromatic N) is 4. The standard InChI is InChI=1S/C26H30ClN5O2S/c27-21-6-1-19(2-7-21)5-10-24-29-30-26(35-24)25(33)28-22-11-12-32(18-22)23-8-3-20(4-9-23)17-31-13-15-34-16-14-31/h1-4,6-9,22H,5,10-18H2,(H,28,33)/t22-/m1/s1. The molecule has 5 rings (SSSR count). The van der Waals surface area contributed by atoms with Gasteiger partial charge in [0.05, 0.1) is 13.2 Å². The highest BCUT2D eigenvalue weighted by atomic mass is 35.5. The summed E-state index contributed by atoms with van der Waals surface area (Å²) in [5.41, 5.74) is 3.71. The number of rotatable bonds is 8. The Morgan fingerprint density at radius 3 is 2.51 bits per heavy atom. The van der Waals surface area contributed by atoms with Gasteiger partial charge in [-0.05, 0) is 48.2 Å². The number of anilines is 1. The zero-order valence-electron chi connectivity index (χ0n) is 19.7. The molecule has 0 unspecified atom stereocenters. The van der Waals surface area contributed by atoms with Gasteiger partial charge >= 0.3 is 0 Å². The van der Waals surface area contributed by atoms with E-state index < -0.39 is 0 Å². The highest BCUT2D eigenvalue weighted by molar-refractivity contribution is 7.13. The Balaban J connectivity index is 1.09. The van der Waals surface area contributed by atoms with Crippen molar-refractivity contribution in [3.05, 3.63) is 74.7 Å². The Morgan fingerprint density at radius 1 is 1.00 bits per heavy atom. The van der Waals surface area contributed by atoms with E-state index in [4.69, 9.17) is 16.3 Å². The molecule has 0 radical (unpaired) electrons. The maximum atomic E-state index is 12.8. The Morgan fingerprint density at radius 2 is 1.74 bits per heavy atom. The molecule has 35 heavy (non-hydrogen) atoms. The number of aromatic nitrogens is 2. The number of carbonyl (C=O) groups is 1. The van der Waals surface area contributed by atoms with Crippen LogP contribution >= 0.6 is 22.9 Å². The van der Waals surface area contributed by atoms with Gasteiger partial charge in [-0.3, -0.25) is 9.69 Å². The summed E-state index contributed by atoms with van der Waals surface area (Å²) in [4.78, 5) is 17.5. The number of ether oxygens (including phenoxy) is 1. The monoisotopic (exact) mass is 511 g/mol. The summed E-state index contributed by atoms with van der Waals surface area (Å²) in [5, 5.41) is 13.5. The molecule has 1 atom stereocenters. The quantitative estimate of drug-likeness (QED) is 0.496. The van der Waals surface area contributed by atoms with Crippen LogP contribution in [0.2, 0.25) is 5.02 Å². The van der Waals surface area contributed by atoms with Gasteiger partial charge in [0.15, 0.2) is 0 Å². The first-order valence-electron chi connectivity index (χ1n) is 12.1. The van der Waals surface area contributed by atoms with Gasteiger partial charge in [-0.25, -0.2) is 0 Å². The second-order valence-electron chi connectivity index (χ2n) is 9.09. The van der Waals surface area contributed by atoms with E-state index in [1.807, 2.05) is 24.3 Å². The summed E-state index contributed by atoms with van der Waals surface area (Å²) in [5.74, 6) is -0.132. The van der Waals surface area contributed by atoms with Gasteiger partial charge in [0.25, 0.3) is 5.91 Å². The molecule has 0 bridgehead atoms. The first-order chi connectivity index (χ1) is 17.1. The minimum absolute atomic E-state index is 0.108. The summed E-state index contributed by atoms with van der Waals surface area (Å²) < 4.78 is 5.43. The summed E-state index contributed by atoms with van der Waals surface area (Å²) in [6.45, 7) is 6.32. The van der Waals surface area contributed by atoms with Gasteiger partial charge in [-0.1, -0.05) is 47.2 Å². The van der Waals surface area contributed by atoms with Gasteiger partial charge in [0.1, 0.15) is 5.01 Å². The minimum atomic E-state index is -0.132. The van der Waals surface area contributed by atoms with Crippen LogP contribution < -0.4 is 10.2 Å². The van der Waals surface area contributed by atoms with E-state index in [1.165, 1.54) is 28.2 Å². The average Bonchev–Trinajstić information content (AvgIpc) is 3.55. The number of nitrogens with one attached hydrogen (secondary N) is 1. The summed E-state index contributed by atoms with van der Waals surface area (Å²) in [6.07, 6.45) is 2.52. The Bertz CT molecular complexity index is 1120. The lowest BCUT2D eigenvalue weighted by Crippen LogP contribution is -2.37. The molecule has 184 valence electrons. The lowest BCUT2D eigenvalue weighted by molar-refractivity contribution is 0.0342. The highest BCUT2D eigenvalue weighted by Crippen LogP contribution is 2.22. The molecular formula is C26H30ClN5O2S. The van der Waals surface area contributed by atoms with Crippen molar-refractivity contribution in [2.45, 2.75) is 31.8 Å². The van der Waals surface area contributed by atoms with E-state index in [9.17, 15) is 4.79 Å². The smallest absolute Gasteiger partial charge is 0.282 e. The number of aryl methyl sites for hydroxylation is 2. The van der Waals surface area contributed by atoms with Gasteiger partial charge in [-0.15, -0.1) is 10.2 Å². The normalized spacial score (nSPS) is 18.7. The van der Waals surface area contributed by atoms with E-state index in [2.05, 4.69) is 49.6 Å². The fourth-order valence-electron chi connectivity index (χ4n) is 4.54. The fraction of sp³-hybridized carbons (Fsp3) is 0.423. The predicted molar refractivity (Wildman–Crippen MR) is 139 cm³/mol. The fourth-order valence-corrected chi connectivity index (χ4v) is 5.41. The van der Waals surface area contributed by atoms with E-state index in [0.29, 0.717) is 5.01 Å². The molecule has 2 aromatic carbocycles. The number of hydrogen-bond acceptors (Lipinski definition) is 7. The highest BCUT2D eigenvalue weighted by Gasteiger charge is 2.26. The van der Waals surface area contributed by atoms with Crippen LogP contribution in [0.5, 0.6) is 0 Å². The first kappa shape index (κ1) is 24.2. The maximum absolute atomic E-state index is 12.8. The van der Waals surface area contributed by atoms with Crippen LogP contribution in [0.4, 0.5) is 5.69 Å². The summed E-state index contributed by atoms with van der Waals surface area (Å²) >= 11 is 7.32. The van der Waals surface area contributed by atoms with Crippen LogP contribution in [0.3, 0.4) is 0 Å². The second-order valence-corrected chi connectivity index (χ2v) is 10.6. The van der Waals surface area contributed by atoms with Crippen LogP contribution in [-0.4, -0.2) is 66.4 Å². The molecule has 0 spiro atoms. The number of amides is 1. The van der Waals surface area contributed by atoms with Crippen molar-refractivity contribution in [3.8, 4) is 0 Å². The largest absolute Gasteiger partial charge is 0.379 e. The molecule has 1 amide bonds. The van der Waals surface area contributed by atoms with Crippen molar-refractivity contribution in [2.75, 3.05) is 44.3 Å². The van der Waals surface area contributed by atoms with Crippen molar-refractivity contribution in [1.29, 1.82) is 0 Å². The lowest BCUT2D eigenvalue weighted by Gasteiger charge is -2.27. The van der Waals surface area contributed by atoms with E-state index in [1.54, 1.807) is 0 Å². The van der Waals surface area contributed by atoms with Crippen molar-refractivity contribution in [2.24, 2.45) is 0 Å². The summed E-state index contributed by atoms with van der Waals surface area (Å²) in [6, 6.07) is 16.7. The third-order valence-corrected chi connectivity index (χ3v) is 7.77. The topological polar surface area (TPSA) is 70.6 Å². The van der Waals surface area contributed by atoms with Gasteiger partial charge < -0.3 is 15.0 Å². The molecule has 2 saturated heterocycles. The van der Waals surface area contributed by atoms with E-state index in [0.717, 1.165) is 75.2 Å². The van der Waals surface area contributed by atoms with Crippen molar-refractivity contribution >= 4 is 34.5 Å². The molecule has 2 aliphatic heterocycles. The predicted octanol–water partition coefficient (Wildman–Crippen LogP) is 3.82. The molecule has 1 aromatic heterocycles. The van der Waals surface area contributed by atoms with Crippen LogP contribution in [-0.2, 0) is 24.1 Å². The Hall–Kier alpha value is -2.52. The SMILES string of the molecule is O=C(N[C@@H]1CCN(c2ccc(CN3CCOCC3)cc2)C1)c1nnc(CCc2ccc(Cl)cc2)s1. The molecule has 2 fully saturated rings. The second kappa shape index (κ2) is 11.5. The van der Waals surface area contributed by atoms with Crippen LogP contribution in [0.15, 0.2) is 48.5 Å². The lowest BCUT2D eigenvalue weighted by atomic mass is 10.1. The number of morpholine rings is 1. The molecule has 0 aliphatic carbocycles.